The minimum Gasteiger partial charge on any atom is -0.478 e. The van der Waals surface area contributed by atoms with Crippen molar-refractivity contribution < 1.29 is 33.3 Å². The van der Waals surface area contributed by atoms with Gasteiger partial charge in [-0.1, -0.05) is 44.0 Å². The van der Waals surface area contributed by atoms with Crippen LogP contribution in [0.15, 0.2) is 6.07 Å². The molecule has 0 bridgehead atoms. The Hall–Kier alpha value is -2.19. The molecule has 1 aromatic rings. The Labute approximate surface area is 166 Å². The fourth-order valence-corrected chi connectivity index (χ4v) is 3.01. The van der Waals surface area contributed by atoms with E-state index in [0.29, 0.717) is 0 Å². The quantitative estimate of drug-likeness (QED) is 0.516. The summed E-state index contributed by atoms with van der Waals surface area (Å²) in [7, 11) is 1.11. The average molecular weight is 420 g/mol. The minimum absolute atomic E-state index is 0.0374. The van der Waals surface area contributed by atoms with Crippen molar-refractivity contribution in [2.24, 2.45) is 5.41 Å². The Morgan fingerprint density at radius 2 is 1.93 bits per heavy atom. The minimum atomic E-state index is -1.07. The number of halogens is 2. The lowest BCUT2D eigenvalue weighted by atomic mass is 9.87. The van der Waals surface area contributed by atoms with Crippen LogP contribution >= 0.6 is 23.2 Å². The number of carbonyl (C=O) groups is 3. The second kappa shape index (κ2) is 7.82. The number of amides is 2. The molecule has 1 aliphatic heterocycles. The van der Waals surface area contributed by atoms with Crippen molar-refractivity contribution in [1.82, 2.24) is 0 Å². The van der Waals surface area contributed by atoms with E-state index in [2.05, 4.69) is 4.74 Å². The van der Waals surface area contributed by atoms with Gasteiger partial charge in [0.2, 0.25) is 0 Å². The van der Waals surface area contributed by atoms with Crippen LogP contribution in [0.2, 0.25) is 10.0 Å². The third-order valence-electron chi connectivity index (χ3n) is 3.62. The van der Waals surface area contributed by atoms with Crippen molar-refractivity contribution in [3.63, 3.8) is 0 Å². The fraction of sp³-hybridized carbons (Fsp3) is 0.471. The van der Waals surface area contributed by atoms with Crippen LogP contribution in [0.4, 0.5) is 15.3 Å². The topological polar surface area (TPSA) is 91.4 Å². The van der Waals surface area contributed by atoms with E-state index in [-0.39, 0.29) is 33.8 Å². The predicted molar refractivity (Wildman–Crippen MR) is 97.9 cm³/mol. The maximum absolute atomic E-state index is 13.0. The number of ether oxygens (including phenoxy) is 4. The molecular weight excluding hydrogens is 401 g/mol. The number of hydrogen-bond donors (Lipinski definition) is 0. The predicted octanol–water partition coefficient (Wildman–Crippen LogP) is 4.44. The van der Waals surface area contributed by atoms with Crippen molar-refractivity contribution in [2.45, 2.75) is 33.8 Å². The Kier molecular flexibility index (Phi) is 6.11. The first kappa shape index (κ1) is 21.1. The van der Waals surface area contributed by atoms with Crippen LogP contribution in [-0.4, -0.2) is 38.0 Å². The molecule has 10 heteroatoms. The Bertz CT molecular complexity index is 788. The maximum atomic E-state index is 13.0. The largest absolute Gasteiger partial charge is 0.513 e. The molecule has 0 spiro atoms. The SMILES string of the molecule is CCOC(=O)N1C(=O)C(C(C)(C)C)Oc2cc(Cl)c(OC(=O)OC)c(Cl)c21. The molecule has 0 radical (unpaired) electrons. The van der Waals surface area contributed by atoms with Crippen molar-refractivity contribution in [2.75, 3.05) is 18.6 Å². The number of rotatable bonds is 2. The van der Waals surface area contributed by atoms with E-state index in [0.717, 1.165) is 12.0 Å². The first-order valence-corrected chi connectivity index (χ1v) is 8.73. The van der Waals surface area contributed by atoms with Gasteiger partial charge >= 0.3 is 12.2 Å². The summed E-state index contributed by atoms with van der Waals surface area (Å²) in [4.78, 5) is 37.6. The van der Waals surface area contributed by atoms with Gasteiger partial charge in [-0.05, 0) is 6.92 Å². The Morgan fingerprint density at radius 3 is 2.44 bits per heavy atom. The number of anilines is 1. The number of benzene rings is 1. The summed E-state index contributed by atoms with van der Waals surface area (Å²) in [6.07, 6.45) is -3.00. The van der Waals surface area contributed by atoms with Crippen molar-refractivity contribution in [1.29, 1.82) is 0 Å². The molecule has 0 aromatic heterocycles. The van der Waals surface area contributed by atoms with E-state index in [4.69, 9.17) is 37.4 Å². The molecular formula is C17H19Cl2NO7. The second-order valence-electron chi connectivity index (χ2n) is 6.64. The molecule has 2 amide bonds. The number of hydrogen-bond acceptors (Lipinski definition) is 7. The molecule has 1 aliphatic rings. The molecule has 0 aliphatic carbocycles. The zero-order valence-corrected chi connectivity index (χ0v) is 16.9. The molecule has 0 saturated carbocycles. The molecule has 1 heterocycles. The molecule has 0 fully saturated rings. The van der Waals surface area contributed by atoms with Crippen LogP contribution in [0, 0.1) is 5.41 Å². The van der Waals surface area contributed by atoms with Crippen LogP contribution in [0.1, 0.15) is 27.7 Å². The van der Waals surface area contributed by atoms with Gasteiger partial charge in [0.15, 0.2) is 11.9 Å². The summed E-state index contributed by atoms with van der Waals surface area (Å²) >= 11 is 12.4. The molecule has 0 N–H and O–H groups in total. The van der Waals surface area contributed by atoms with Gasteiger partial charge in [-0.15, -0.1) is 0 Å². The van der Waals surface area contributed by atoms with E-state index in [1.165, 1.54) is 6.07 Å². The van der Waals surface area contributed by atoms with Crippen LogP contribution in [0.5, 0.6) is 11.5 Å². The third-order valence-corrected chi connectivity index (χ3v) is 4.25. The highest BCUT2D eigenvalue weighted by molar-refractivity contribution is 6.41. The first-order chi connectivity index (χ1) is 12.5. The number of nitrogens with zero attached hydrogens (tertiary/aromatic N) is 1. The summed E-state index contributed by atoms with van der Waals surface area (Å²) in [6, 6.07) is 1.30. The molecule has 27 heavy (non-hydrogen) atoms. The van der Waals surface area contributed by atoms with Crippen molar-refractivity contribution in [3.8, 4) is 11.5 Å². The summed E-state index contributed by atoms with van der Waals surface area (Å²) in [5, 5.41) is -0.327. The summed E-state index contributed by atoms with van der Waals surface area (Å²) in [5.74, 6) is -0.861. The number of methoxy groups -OCH3 is 1. The van der Waals surface area contributed by atoms with Crippen molar-refractivity contribution >= 4 is 47.0 Å². The van der Waals surface area contributed by atoms with Crippen LogP contribution in [0.3, 0.4) is 0 Å². The normalized spacial score (nSPS) is 16.3. The van der Waals surface area contributed by atoms with E-state index < -0.39 is 29.7 Å². The molecule has 0 saturated heterocycles. The second-order valence-corrected chi connectivity index (χ2v) is 7.43. The van der Waals surface area contributed by atoms with Gasteiger partial charge in [-0.3, -0.25) is 4.79 Å². The highest BCUT2D eigenvalue weighted by atomic mass is 35.5. The van der Waals surface area contributed by atoms with E-state index in [9.17, 15) is 14.4 Å². The first-order valence-electron chi connectivity index (χ1n) is 7.98. The smallest absolute Gasteiger partial charge is 0.478 e. The lowest BCUT2D eigenvalue weighted by molar-refractivity contribution is -0.130. The van der Waals surface area contributed by atoms with Gasteiger partial charge in [-0.2, -0.15) is 0 Å². The Morgan fingerprint density at radius 1 is 1.30 bits per heavy atom. The molecule has 2 rings (SSSR count). The summed E-state index contributed by atoms with van der Waals surface area (Å²) in [5.41, 5.74) is -0.761. The molecule has 1 atom stereocenters. The van der Waals surface area contributed by atoms with Gasteiger partial charge in [0, 0.05) is 11.5 Å². The number of imide groups is 1. The average Bonchev–Trinajstić information content (AvgIpc) is 2.57. The van der Waals surface area contributed by atoms with Gasteiger partial charge in [-0.25, -0.2) is 14.5 Å². The summed E-state index contributed by atoms with van der Waals surface area (Å²) < 4.78 is 20.1. The standard InChI is InChI=1S/C17H19Cl2NO7/c1-6-25-15(22)20-11-9(26-13(14(20)21)17(2,3)4)7-8(18)12(10(11)19)27-16(23)24-5/h7,13H,6H2,1-5H3. The van der Waals surface area contributed by atoms with Gasteiger partial charge in [0.05, 0.1) is 18.7 Å². The fourth-order valence-electron chi connectivity index (χ4n) is 2.41. The van der Waals surface area contributed by atoms with Gasteiger partial charge < -0.3 is 18.9 Å². The molecule has 1 unspecified atom stereocenters. The van der Waals surface area contributed by atoms with Gasteiger partial charge in [0.1, 0.15) is 16.5 Å². The molecule has 148 valence electrons. The Balaban J connectivity index is 2.68. The zero-order valence-electron chi connectivity index (χ0n) is 15.4. The third kappa shape index (κ3) is 4.06. The lowest BCUT2D eigenvalue weighted by Crippen LogP contribution is -2.54. The van der Waals surface area contributed by atoms with Gasteiger partial charge in [0.25, 0.3) is 5.91 Å². The number of fused-ring (bicyclic) bond motifs is 1. The molecule has 8 nitrogen and oxygen atoms in total. The lowest BCUT2D eigenvalue weighted by Gasteiger charge is -2.38. The van der Waals surface area contributed by atoms with E-state index in [1.54, 1.807) is 27.7 Å². The zero-order chi connectivity index (χ0) is 20.5. The molecule has 1 aromatic carbocycles. The highest BCUT2D eigenvalue weighted by Crippen LogP contribution is 2.50. The number of carbonyl (C=O) groups excluding carboxylic acids is 3. The maximum Gasteiger partial charge on any atom is 0.513 e. The van der Waals surface area contributed by atoms with Crippen molar-refractivity contribution in [3.05, 3.63) is 16.1 Å². The van der Waals surface area contributed by atoms with Crippen LogP contribution < -0.4 is 14.4 Å². The summed E-state index contributed by atoms with van der Waals surface area (Å²) in [6.45, 7) is 6.97. The van der Waals surface area contributed by atoms with Crippen LogP contribution in [-0.2, 0) is 14.3 Å². The van der Waals surface area contributed by atoms with E-state index >= 15 is 0 Å². The van der Waals surface area contributed by atoms with Crippen LogP contribution in [0.25, 0.3) is 0 Å². The van der Waals surface area contributed by atoms with E-state index in [1.807, 2.05) is 0 Å². The highest BCUT2D eigenvalue weighted by Gasteiger charge is 2.46. The monoisotopic (exact) mass is 419 g/mol.